The number of rotatable bonds is 6. The number of ether oxygens (including phenoxy) is 1. The van der Waals surface area contributed by atoms with E-state index in [1.807, 2.05) is 27.8 Å². The smallest absolute Gasteiger partial charge is 0.128 e. The van der Waals surface area contributed by atoms with E-state index in [0.29, 0.717) is 11.8 Å². The Morgan fingerprint density at radius 1 is 1.53 bits per heavy atom. The van der Waals surface area contributed by atoms with E-state index in [4.69, 9.17) is 4.74 Å². The Hall–Kier alpha value is -1.25. The van der Waals surface area contributed by atoms with E-state index in [2.05, 4.69) is 12.6 Å². The third kappa shape index (κ3) is 3.20. The molecule has 19 heavy (non-hydrogen) atoms. The highest BCUT2D eigenvalue weighted by molar-refractivity contribution is 6.08. The molecule has 1 nitrogen and oxygen atoms in total. The van der Waals surface area contributed by atoms with Crippen LogP contribution < -0.4 is 0 Å². The summed E-state index contributed by atoms with van der Waals surface area (Å²) in [7, 11) is 2.03. The molecule has 0 spiro atoms. The average Bonchev–Trinajstić information content (AvgIpc) is 3.11. The van der Waals surface area contributed by atoms with Gasteiger partial charge in [-0.15, -0.1) is 0 Å². The normalized spacial score (nSPS) is 21.2. The second-order valence-corrected chi connectivity index (χ2v) is 5.56. The van der Waals surface area contributed by atoms with Crippen LogP contribution in [0.25, 0.3) is 0 Å². The van der Waals surface area contributed by atoms with Gasteiger partial charge >= 0.3 is 0 Å². The number of benzene rings is 1. The zero-order valence-electron chi connectivity index (χ0n) is 12.1. The molecule has 1 saturated carbocycles. The summed E-state index contributed by atoms with van der Waals surface area (Å²) in [5.41, 5.74) is 2.88. The Morgan fingerprint density at radius 2 is 2.26 bits per heavy atom. The highest BCUT2D eigenvalue weighted by Gasteiger charge is 2.39. The third-order valence-corrected chi connectivity index (χ3v) is 3.99. The van der Waals surface area contributed by atoms with Crippen LogP contribution in [0.3, 0.4) is 0 Å². The van der Waals surface area contributed by atoms with Gasteiger partial charge in [0.2, 0.25) is 0 Å². The number of allylic oxidation sites excluding steroid dienone is 1. The van der Waals surface area contributed by atoms with Gasteiger partial charge in [-0.2, -0.15) is 0 Å². The zero-order chi connectivity index (χ0) is 14.0. The van der Waals surface area contributed by atoms with Gasteiger partial charge in [-0.05, 0) is 55.2 Å². The van der Waals surface area contributed by atoms with Crippen LogP contribution in [0.1, 0.15) is 42.4 Å². The summed E-state index contributed by atoms with van der Waals surface area (Å²) in [6.45, 7) is 8.16. The van der Waals surface area contributed by atoms with Crippen LogP contribution in [0.2, 0.25) is 0 Å². The topological polar surface area (TPSA) is 9.23 Å². The van der Waals surface area contributed by atoms with Gasteiger partial charge in [-0.1, -0.05) is 25.0 Å². The lowest BCUT2D eigenvalue weighted by Gasteiger charge is -2.11. The molecular formula is C16H22BFO. The van der Waals surface area contributed by atoms with Crippen molar-refractivity contribution in [3.8, 4) is 0 Å². The van der Waals surface area contributed by atoms with Crippen LogP contribution in [0.5, 0.6) is 0 Å². The van der Waals surface area contributed by atoms with Crippen molar-refractivity contribution in [3.63, 3.8) is 0 Å². The Kier molecular flexibility index (Phi) is 4.33. The fraction of sp³-hybridized carbons (Fsp3) is 0.500. The highest BCUT2D eigenvalue weighted by atomic mass is 19.1. The Bertz CT molecular complexity index is 484. The summed E-state index contributed by atoms with van der Waals surface area (Å²) in [6, 6.07) is 4.02. The number of halogens is 1. The fourth-order valence-electron chi connectivity index (χ4n) is 2.79. The van der Waals surface area contributed by atoms with E-state index < -0.39 is 0 Å². The monoisotopic (exact) mass is 260 g/mol. The molecule has 0 amide bonds. The van der Waals surface area contributed by atoms with Gasteiger partial charge in [0.05, 0.1) is 12.4 Å². The minimum absolute atomic E-state index is 0.0103. The molecule has 0 bridgehead atoms. The lowest BCUT2D eigenvalue weighted by molar-refractivity contribution is 0.205. The highest BCUT2D eigenvalue weighted by Crippen LogP contribution is 2.51. The number of aryl methyl sites for hydroxylation is 1. The zero-order valence-corrected chi connectivity index (χ0v) is 12.1. The first-order valence-corrected chi connectivity index (χ1v) is 7.10. The molecule has 1 fully saturated rings. The first-order chi connectivity index (χ1) is 9.04. The summed E-state index contributed by atoms with van der Waals surface area (Å²) in [5.74, 6) is 1.93. The Balaban J connectivity index is 2.01. The predicted octanol–water partition coefficient (Wildman–Crippen LogP) is 3.31. The van der Waals surface area contributed by atoms with Crippen molar-refractivity contribution < 1.29 is 9.13 Å². The average molecular weight is 260 g/mol. The van der Waals surface area contributed by atoms with Crippen LogP contribution in [-0.2, 0) is 11.1 Å². The van der Waals surface area contributed by atoms with Gasteiger partial charge in [0.25, 0.3) is 0 Å². The van der Waals surface area contributed by atoms with Crippen molar-refractivity contribution in [2.24, 2.45) is 5.92 Å². The molecule has 1 aromatic rings. The molecule has 0 heterocycles. The van der Waals surface area contributed by atoms with Gasteiger partial charge in [0, 0.05) is 0 Å². The van der Waals surface area contributed by atoms with E-state index in [1.54, 1.807) is 0 Å². The summed E-state index contributed by atoms with van der Waals surface area (Å²) in [6.07, 6.45) is 2.97. The third-order valence-electron chi connectivity index (χ3n) is 3.99. The van der Waals surface area contributed by atoms with E-state index in [9.17, 15) is 4.39 Å². The molecule has 0 N–H and O–H groups in total. The van der Waals surface area contributed by atoms with Crippen LogP contribution in [0.15, 0.2) is 24.5 Å². The summed E-state index contributed by atoms with van der Waals surface area (Å²) < 4.78 is 19.5. The minimum atomic E-state index is -0.0103. The molecule has 0 unspecified atom stereocenters. The van der Waals surface area contributed by atoms with Crippen molar-refractivity contribution in [1.82, 2.24) is 0 Å². The van der Waals surface area contributed by atoms with Gasteiger partial charge < -0.3 is 4.74 Å². The van der Waals surface area contributed by atoms with Gasteiger partial charge in [-0.3, -0.25) is 0 Å². The largest absolute Gasteiger partial charge is 0.499 e. The minimum Gasteiger partial charge on any atom is -0.499 e. The molecule has 0 aromatic heterocycles. The second kappa shape index (κ2) is 5.81. The molecule has 1 aliphatic rings. The standard InChI is InChI=1S/C16H22BFO/c1-10(2)19-7-6-12-8-14(12)13-5-4-11(3)16(18)15(13)9-17/h4-5,12,14H,1,6-9,17H2,2-3H3/t12-,14+/m0/s1. The van der Waals surface area contributed by atoms with Crippen LogP contribution >= 0.6 is 0 Å². The maximum absolute atomic E-state index is 14.1. The summed E-state index contributed by atoms with van der Waals surface area (Å²) in [4.78, 5) is 0. The van der Waals surface area contributed by atoms with Crippen molar-refractivity contribution >= 4 is 7.85 Å². The van der Waals surface area contributed by atoms with Crippen molar-refractivity contribution in [1.29, 1.82) is 0 Å². The molecule has 0 saturated heterocycles. The van der Waals surface area contributed by atoms with E-state index >= 15 is 0 Å². The maximum Gasteiger partial charge on any atom is 0.128 e. The van der Waals surface area contributed by atoms with E-state index in [0.717, 1.165) is 42.7 Å². The molecule has 2 atom stereocenters. The van der Waals surface area contributed by atoms with Gasteiger partial charge in [0.15, 0.2) is 0 Å². The molecule has 2 rings (SSSR count). The van der Waals surface area contributed by atoms with Crippen molar-refractivity contribution in [2.45, 2.75) is 38.9 Å². The van der Waals surface area contributed by atoms with Crippen LogP contribution in [-0.4, -0.2) is 14.5 Å². The SMILES string of the molecule is BCc1c([C@@H]2C[C@@H]2CCOC(=C)C)ccc(C)c1F. The molecule has 1 aromatic carbocycles. The van der Waals surface area contributed by atoms with Crippen LogP contribution in [0, 0.1) is 18.7 Å². The van der Waals surface area contributed by atoms with Gasteiger partial charge in [-0.25, -0.2) is 4.39 Å². The first kappa shape index (κ1) is 14.2. The second-order valence-electron chi connectivity index (χ2n) is 5.56. The summed E-state index contributed by atoms with van der Waals surface area (Å²) >= 11 is 0. The lowest BCUT2D eigenvalue weighted by atomic mass is 9.88. The Morgan fingerprint density at radius 3 is 2.89 bits per heavy atom. The number of hydrogen-bond donors (Lipinski definition) is 0. The lowest BCUT2D eigenvalue weighted by Crippen LogP contribution is -2.01. The maximum atomic E-state index is 14.1. The van der Waals surface area contributed by atoms with Crippen LogP contribution in [0.4, 0.5) is 4.39 Å². The molecule has 102 valence electrons. The quantitative estimate of drug-likeness (QED) is 0.563. The fourth-order valence-corrected chi connectivity index (χ4v) is 2.79. The first-order valence-electron chi connectivity index (χ1n) is 7.10. The molecule has 0 aliphatic heterocycles. The predicted molar refractivity (Wildman–Crippen MR) is 79.6 cm³/mol. The number of hydrogen-bond acceptors (Lipinski definition) is 1. The molecule has 0 radical (unpaired) electrons. The van der Waals surface area contributed by atoms with Crippen molar-refractivity contribution in [2.75, 3.05) is 6.61 Å². The molecular weight excluding hydrogens is 238 g/mol. The van der Waals surface area contributed by atoms with E-state index in [1.165, 1.54) is 5.56 Å². The van der Waals surface area contributed by atoms with E-state index in [-0.39, 0.29) is 5.82 Å². The molecule has 3 heteroatoms. The van der Waals surface area contributed by atoms with Crippen molar-refractivity contribution in [3.05, 3.63) is 47.0 Å². The van der Waals surface area contributed by atoms with Gasteiger partial charge in [0.1, 0.15) is 13.7 Å². The Labute approximate surface area is 116 Å². The summed E-state index contributed by atoms with van der Waals surface area (Å²) in [5, 5.41) is 0. The molecule has 1 aliphatic carbocycles.